The summed E-state index contributed by atoms with van der Waals surface area (Å²) in [6.45, 7) is 3.48. The Morgan fingerprint density at radius 1 is 1.38 bits per heavy atom. The predicted octanol–water partition coefficient (Wildman–Crippen LogP) is 1.72. The Morgan fingerprint density at radius 3 is 2.77 bits per heavy atom. The molecule has 0 saturated heterocycles. The normalized spacial score (nSPS) is 11.1. The lowest BCUT2D eigenvalue weighted by Crippen LogP contribution is -1.95. The molecule has 0 bridgehead atoms. The van der Waals surface area contributed by atoms with Gasteiger partial charge in [-0.2, -0.15) is 0 Å². The molecule has 0 unspecified atom stereocenters. The number of rotatable bonds is 0. The monoisotopic (exact) mass is 179 g/mol. The number of aromatic nitrogens is 3. The Kier molecular flexibility index (Phi) is 1.58. The average Bonchev–Trinajstić information content (AvgIpc) is 2.43. The van der Waals surface area contributed by atoms with E-state index in [-0.39, 0.29) is 5.82 Å². The van der Waals surface area contributed by atoms with E-state index in [2.05, 4.69) is 10.3 Å². The van der Waals surface area contributed by atoms with Gasteiger partial charge in [-0.05, 0) is 25.5 Å². The topological polar surface area (TPSA) is 30.7 Å². The highest BCUT2D eigenvalue weighted by molar-refractivity contribution is 5.79. The van der Waals surface area contributed by atoms with Crippen molar-refractivity contribution in [2.45, 2.75) is 13.8 Å². The Hall–Kier alpha value is -1.45. The third kappa shape index (κ3) is 1.02. The van der Waals surface area contributed by atoms with E-state index < -0.39 is 0 Å². The number of nitrogens with zero attached hydrogens (tertiary/aromatic N) is 3. The summed E-state index contributed by atoms with van der Waals surface area (Å²) < 4.78 is 15.0. The highest BCUT2D eigenvalue weighted by Crippen LogP contribution is 2.21. The third-order valence-corrected chi connectivity index (χ3v) is 2.24. The van der Waals surface area contributed by atoms with E-state index in [0.717, 1.165) is 11.0 Å². The molecule has 0 saturated carbocycles. The molecule has 0 spiro atoms. The van der Waals surface area contributed by atoms with E-state index in [0.29, 0.717) is 11.1 Å². The van der Waals surface area contributed by atoms with Crippen LogP contribution in [0.15, 0.2) is 6.07 Å². The van der Waals surface area contributed by atoms with Crippen molar-refractivity contribution in [2.75, 3.05) is 0 Å². The first kappa shape index (κ1) is 8.16. The molecule has 1 aromatic carbocycles. The van der Waals surface area contributed by atoms with Gasteiger partial charge in [0, 0.05) is 12.6 Å². The maximum Gasteiger partial charge on any atom is 0.131 e. The minimum absolute atomic E-state index is 0.169. The maximum absolute atomic E-state index is 13.4. The molecule has 0 radical (unpaired) electrons. The molecule has 2 rings (SSSR count). The summed E-state index contributed by atoms with van der Waals surface area (Å²) in [5.74, 6) is -0.169. The van der Waals surface area contributed by atoms with Crippen LogP contribution in [-0.2, 0) is 7.05 Å². The third-order valence-electron chi connectivity index (χ3n) is 2.24. The summed E-state index contributed by atoms with van der Waals surface area (Å²) in [6.07, 6.45) is 0. The molecule has 13 heavy (non-hydrogen) atoms. The van der Waals surface area contributed by atoms with Crippen molar-refractivity contribution in [3.8, 4) is 0 Å². The van der Waals surface area contributed by atoms with Gasteiger partial charge in [0.2, 0.25) is 0 Å². The molecule has 68 valence electrons. The molecule has 3 nitrogen and oxygen atoms in total. The molecule has 0 amide bonds. The number of hydrogen-bond acceptors (Lipinski definition) is 2. The smallest absolute Gasteiger partial charge is 0.131 e. The zero-order valence-electron chi connectivity index (χ0n) is 7.80. The van der Waals surface area contributed by atoms with Gasteiger partial charge in [0.15, 0.2) is 0 Å². The van der Waals surface area contributed by atoms with Crippen LogP contribution in [0.25, 0.3) is 11.0 Å². The standard InChI is InChI=1S/C9H10FN3/c1-5-4-7-9(6(2)8(5)10)13(3)12-11-7/h4H,1-3H3. The summed E-state index contributed by atoms with van der Waals surface area (Å²) in [7, 11) is 1.76. The van der Waals surface area contributed by atoms with Crippen molar-refractivity contribution in [2.24, 2.45) is 7.05 Å². The van der Waals surface area contributed by atoms with Crippen LogP contribution in [0, 0.1) is 19.7 Å². The van der Waals surface area contributed by atoms with Crippen molar-refractivity contribution < 1.29 is 4.39 Å². The molecular formula is C9H10FN3. The summed E-state index contributed by atoms with van der Waals surface area (Å²) in [5, 5.41) is 7.77. The fourth-order valence-electron chi connectivity index (χ4n) is 1.57. The van der Waals surface area contributed by atoms with Crippen molar-refractivity contribution in [3.63, 3.8) is 0 Å². The Bertz CT molecular complexity index is 473. The maximum atomic E-state index is 13.4. The molecule has 0 N–H and O–H groups in total. The van der Waals surface area contributed by atoms with Gasteiger partial charge in [-0.15, -0.1) is 5.10 Å². The highest BCUT2D eigenvalue weighted by Gasteiger charge is 2.11. The van der Waals surface area contributed by atoms with Crippen LogP contribution >= 0.6 is 0 Å². The lowest BCUT2D eigenvalue weighted by Gasteiger charge is -2.02. The van der Waals surface area contributed by atoms with Crippen molar-refractivity contribution in [3.05, 3.63) is 23.0 Å². The van der Waals surface area contributed by atoms with Crippen LogP contribution in [0.1, 0.15) is 11.1 Å². The van der Waals surface area contributed by atoms with Gasteiger partial charge in [0.25, 0.3) is 0 Å². The Balaban J connectivity index is 2.97. The Morgan fingerprint density at radius 2 is 2.08 bits per heavy atom. The van der Waals surface area contributed by atoms with E-state index in [1.54, 1.807) is 31.6 Å². The second kappa shape index (κ2) is 2.52. The first-order valence-electron chi connectivity index (χ1n) is 4.06. The van der Waals surface area contributed by atoms with Gasteiger partial charge in [-0.25, -0.2) is 9.07 Å². The largest absolute Gasteiger partial charge is 0.247 e. The van der Waals surface area contributed by atoms with E-state index in [4.69, 9.17) is 0 Å². The molecule has 1 heterocycles. The highest BCUT2D eigenvalue weighted by atomic mass is 19.1. The van der Waals surface area contributed by atoms with Crippen LogP contribution in [0.5, 0.6) is 0 Å². The summed E-state index contributed by atoms with van der Waals surface area (Å²) in [6, 6.07) is 1.71. The second-order valence-corrected chi connectivity index (χ2v) is 3.21. The van der Waals surface area contributed by atoms with Gasteiger partial charge in [0.05, 0.1) is 5.52 Å². The first-order valence-corrected chi connectivity index (χ1v) is 4.06. The van der Waals surface area contributed by atoms with Crippen molar-refractivity contribution in [1.82, 2.24) is 15.0 Å². The number of halogens is 1. The predicted molar refractivity (Wildman–Crippen MR) is 47.9 cm³/mol. The van der Waals surface area contributed by atoms with E-state index in [9.17, 15) is 4.39 Å². The lowest BCUT2D eigenvalue weighted by atomic mass is 10.1. The minimum Gasteiger partial charge on any atom is -0.247 e. The quantitative estimate of drug-likeness (QED) is 0.616. The molecule has 0 fully saturated rings. The van der Waals surface area contributed by atoms with Gasteiger partial charge < -0.3 is 0 Å². The van der Waals surface area contributed by atoms with Gasteiger partial charge in [-0.1, -0.05) is 5.21 Å². The fourth-order valence-corrected chi connectivity index (χ4v) is 1.57. The number of aryl methyl sites for hydroxylation is 3. The van der Waals surface area contributed by atoms with Gasteiger partial charge in [0.1, 0.15) is 11.3 Å². The van der Waals surface area contributed by atoms with Gasteiger partial charge >= 0.3 is 0 Å². The average molecular weight is 179 g/mol. The van der Waals surface area contributed by atoms with Crippen LogP contribution in [0.2, 0.25) is 0 Å². The number of benzene rings is 1. The zero-order valence-corrected chi connectivity index (χ0v) is 7.80. The number of fused-ring (bicyclic) bond motifs is 1. The molecule has 4 heteroatoms. The van der Waals surface area contributed by atoms with E-state index >= 15 is 0 Å². The minimum atomic E-state index is -0.169. The van der Waals surface area contributed by atoms with E-state index in [1.807, 2.05) is 0 Å². The molecule has 1 aromatic heterocycles. The summed E-state index contributed by atoms with van der Waals surface area (Å²) >= 11 is 0. The number of hydrogen-bond donors (Lipinski definition) is 0. The molecule has 0 aliphatic carbocycles. The van der Waals surface area contributed by atoms with Crippen LogP contribution < -0.4 is 0 Å². The molecule has 0 atom stereocenters. The Labute approximate surface area is 75.2 Å². The van der Waals surface area contributed by atoms with Crippen molar-refractivity contribution >= 4 is 11.0 Å². The molecule has 0 aliphatic rings. The van der Waals surface area contributed by atoms with E-state index in [1.165, 1.54) is 0 Å². The fraction of sp³-hybridized carbons (Fsp3) is 0.333. The molecule has 0 aliphatic heterocycles. The van der Waals surface area contributed by atoms with Crippen LogP contribution in [-0.4, -0.2) is 15.0 Å². The molecular weight excluding hydrogens is 169 g/mol. The molecule has 2 aromatic rings. The lowest BCUT2D eigenvalue weighted by molar-refractivity contribution is 0.610. The zero-order chi connectivity index (χ0) is 9.59. The summed E-state index contributed by atoms with van der Waals surface area (Å²) in [5.41, 5.74) is 2.75. The van der Waals surface area contributed by atoms with Gasteiger partial charge in [-0.3, -0.25) is 0 Å². The SMILES string of the molecule is Cc1cc2nnn(C)c2c(C)c1F. The van der Waals surface area contributed by atoms with Crippen molar-refractivity contribution in [1.29, 1.82) is 0 Å². The first-order chi connectivity index (χ1) is 6.11. The van der Waals surface area contributed by atoms with Crippen LogP contribution in [0.3, 0.4) is 0 Å². The second-order valence-electron chi connectivity index (χ2n) is 3.21. The summed E-state index contributed by atoms with van der Waals surface area (Å²) in [4.78, 5) is 0. The van der Waals surface area contributed by atoms with Crippen LogP contribution in [0.4, 0.5) is 4.39 Å².